The minimum Gasteiger partial charge on any atom is -0.483 e. The molecule has 0 saturated carbocycles. The molecule has 3 aromatic carbocycles. The summed E-state index contributed by atoms with van der Waals surface area (Å²) in [6.45, 7) is 1.67. The van der Waals surface area contributed by atoms with Gasteiger partial charge in [-0.15, -0.1) is 0 Å². The van der Waals surface area contributed by atoms with Crippen LogP contribution in [0.15, 0.2) is 66.7 Å². The van der Waals surface area contributed by atoms with Crippen LogP contribution < -0.4 is 9.47 Å². The number of nitro benzene ring substituents is 2. The van der Waals surface area contributed by atoms with E-state index in [1.807, 2.05) is 0 Å². The third-order valence-corrected chi connectivity index (χ3v) is 4.44. The van der Waals surface area contributed by atoms with E-state index in [0.29, 0.717) is 5.56 Å². The Bertz CT molecular complexity index is 1180. The number of hydrogen-bond donors (Lipinski definition) is 2. The van der Waals surface area contributed by atoms with Crippen LogP contribution in [0.2, 0.25) is 0 Å². The van der Waals surface area contributed by atoms with Crippen molar-refractivity contribution in [2.75, 3.05) is 13.2 Å². The summed E-state index contributed by atoms with van der Waals surface area (Å²) in [4.78, 5) is 41.6. The molecule has 0 atom stereocenters. The number of carboxylic acid groups (broad SMARTS) is 2. The zero-order valence-corrected chi connectivity index (χ0v) is 18.3. The molecule has 0 amide bonds. The van der Waals surface area contributed by atoms with Crippen molar-refractivity contribution in [3.8, 4) is 11.5 Å². The molecule has 0 radical (unpaired) electrons. The molecule has 0 spiro atoms. The molecule has 0 bridgehead atoms. The van der Waals surface area contributed by atoms with E-state index in [-0.39, 0.29) is 47.2 Å². The molecular formula is C23H20N2O10. The molecule has 3 rings (SSSR count). The predicted octanol–water partition coefficient (Wildman–Crippen LogP) is 4.35. The van der Waals surface area contributed by atoms with Crippen LogP contribution in [0.1, 0.15) is 26.3 Å². The summed E-state index contributed by atoms with van der Waals surface area (Å²) in [6, 6.07) is 15.9. The van der Waals surface area contributed by atoms with Gasteiger partial charge in [-0.1, -0.05) is 30.3 Å². The predicted molar refractivity (Wildman–Crippen MR) is 122 cm³/mol. The molecule has 3 aromatic rings. The van der Waals surface area contributed by atoms with Crippen molar-refractivity contribution < 1.29 is 39.1 Å². The van der Waals surface area contributed by atoms with Crippen LogP contribution in [0.3, 0.4) is 0 Å². The fraction of sp³-hybridized carbons (Fsp3) is 0.130. The Hall–Kier alpha value is -5.00. The summed E-state index contributed by atoms with van der Waals surface area (Å²) in [5, 5.41) is 38.9. The van der Waals surface area contributed by atoms with Crippen molar-refractivity contribution in [2.24, 2.45) is 0 Å². The lowest BCUT2D eigenvalue weighted by atomic mass is 10.1. The summed E-state index contributed by atoms with van der Waals surface area (Å²) in [5.41, 5.74) is 0.279. The monoisotopic (exact) mass is 484 g/mol. The number of carbonyl (C=O) groups is 2. The number of aromatic carboxylic acids is 2. The molecule has 182 valence electrons. The van der Waals surface area contributed by atoms with Crippen LogP contribution in [0.25, 0.3) is 0 Å². The second-order valence-corrected chi connectivity index (χ2v) is 6.79. The van der Waals surface area contributed by atoms with Crippen molar-refractivity contribution in [3.63, 3.8) is 0 Å². The zero-order chi connectivity index (χ0) is 26.0. The van der Waals surface area contributed by atoms with Crippen LogP contribution in [-0.4, -0.2) is 45.2 Å². The van der Waals surface area contributed by atoms with Gasteiger partial charge in [0.25, 0.3) is 0 Å². The first-order valence-corrected chi connectivity index (χ1v) is 9.91. The first-order valence-electron chi connectivity index (χ1n) is 9.91. The minimum atomic E-state index is -1.12. The molecule has 0 fully saturated rings. The second-order valence-electron chi connectivity index (χ2n) is 6.79. The van der Waals surface area contributed by atoms with E-state index in [9.17, 15) is 29.8 Å². The van der Waals surface area contributed by atoms with Crippen molar-refractivity contribution in [1.82, 2.24) is 0 Å². The summed E-state index contributed by atoms with van der Waals surface area (Å²) in [5.74, 6) is -1.99. The van der Waals surface area contributed by atoms with Gasteiger partial charge in [0.15, 0.2) is 11.5 Å². The average molecular weight is 484 g/mol. The Morgan fingerprint density at radius 1 is 0.771 bits per heavy atom. The summed E-state index contributed by atoms with van der Waals surface area (Å²) >= 11 is 0. The average Bonchev–Trinajstić information content (AvgIpc) is 2.82. The Morgan fingerprint density at radius 2 is 1.23 bits per heavy atom. The minimum absolute atomic E-state index is 0.0111. The highest BCUT2D eigenvalue weighted by Crippen LogP contribution is 2.27. The SMILES string of the molecule is Cc1ccc(C(=O)O)cc1C(=O)O.O=[N+]([O-])c1ccccc1OCCOc1ccccc1[N+](=O)[O-]. The molecule has 2 N–H and O–H groups in total. The molecule has 0 unspecified atom stereocenters. The van der Waals surface area contributed by atoms with E-state index in [1.54, 1.807) is 19.1 Å². The molecule has 35 heavy (non-hydrogen) atoms. The van der Waals surface area contributed by atoms with E-state index in [1.165, 1.54) is 48.5 Å². The van der Waals surface area contributed by atoms with Gasteiger partial charge < -0.3 is 19.7 Å². The molecule has 12 heteroatoms. The first kappa shape index (κ1) is 26.3. The van der Waals surface area contributed by atoms with Crippen molar-refractivity contribution in [1.29, 1.82) is 0 Å². The van der Waals surface area contributed by atoms with Crippen molar-refractivity contribution >= 4 is 23.3 Å². The number of nitrogens with zero attached hydrogens (tertiary/aromatic N) is 2. The maximum absolute atomic E-state index is 10.8. The van der Waals surface area contributed by atoms with E-state index in [0.717, 1.165) is 6.07 Å². The van der Waals surface area contributed by atoms with Crippen LogP contribution in [0.5, 0.6) is 11.5 Å². The maximum atomic E-state index is 10.8. The van der Waals surface area contributed by atoms with Gasteiger partial charge >= 0.3 is 23.3 Å². The third kappa shape index (κ3) is 7.53. The fourth-order valence-corrected chi connectivity index (χ4v) is 2.75. The van der Waals surface area contributed by atoms with Crippen molar-refractivity contribution in [2.45, 2.75) is 6.92 Å². The molecule has 0 aliphatic carbocycles. The number of nitro groups is 2. The Labute approximate surface area is 198 Å². The van der Waals surface area contributed by atoms with Gasteiger partial charge in [0.2, 0.25) is 0 Å². The Balaban J connectivity index is 0.000000283. The number of para-hydroxylation sites is 4. The first-order chi connectivity index (χ1) is 16.6. The topological polar surface area (TPSA) is 179 Å². The molecule has 0 aromatic heterocycles. The van der Waals surface area contributed by atoms with Gasteiger partial charge in [0.1, 0.15) is 13.2 Å². The van der Waals surface area contributed by atoms with Gasteiger partial charge in [-0.25, -0.2) is 9.59 Å². The quantitative estimate of drug-likeness (QED) is 0.252. The van der Waals surface area contributed by atoms with E-state index in [4.69, 9.17) is 19.7 Å². The molecule has 0 aliphatic rings. The van der Waals surface area contributed by atoms with Gasteiger partial charge in [-0.2, -0.15) is 0 Å². The third-order valence-electron chi connectivity index (χ3n) is 4.44. The standard InChI is InChI=1S/C14H12N2O6.C9H8O4/c17-15(18)11-5-1-3-7-13(11)21-9-10-22-14-8-4-2-6-12(14)16(19)20;1-5-2-3-6(8(10)11)4-7(5)9(12)13/h1-8H,9-10H2;2-4H,1H3,(H,10,11)(H,12,13). The molecule has 0 saturated heterocycles. The molecule has 0 aliphatic heterocycles. The van der Waals surface area contributed by atoms with E-state index < -0.39 is 21.8 Å². The van der Waals surface area contributed by atoms with Crippen LogP contribution in [0, 0.1) is 27.2 Å². The number of hydrogen-bond acceptors (Lipinski definition) is 8. The Morgan fingerprint density at radius 3 is 1.63 bits per heavy atom. The van der Waals surface area contributed by atoms with Crippen molar-refractivity contribution in [3.05, 3.63) is 104 Å². The normalized spacial score (nSPS) is 9.86. The number of benzene rings is 3. The smallest absolute Gasteiger partial charge is 0.335 e. The van der Waals surface area contributed by atoms with Gasteiger partial charge in [0.05, 0.1) is 21.0 Å². The number of aryl methyl sites for hydroxylation is 1. The highest BCUT2D eigenvalue weighted by atomic mass is 16.6. The maximum Gasteiger partial charge on any atom is 0.335 e. The summed E-state index contributed by atoms with van der Waals surface area (Å²) in [7, 11) is 0. The van der Waals surface area contributed by atoms with E-state index >= 15 is 0 Å². The van der Waals surface area contributed by atoms with Gasteiger partial charge in [-0.05, 0) is 36.8 Å². The van der Waals surface area contributed by atoms with Crippen LogP contribution >= 0.6 is 0 Å². The molecular weight excluding hydrogens is 464 g/mol. The zero-order valence-electron chi connectivity index (χ0n) is 18.3. The van der Waals surface area contributed by atoms with Crippen LogP contribution in [0.4, 0.5) is 11.4 Å². The summed E-state index contributed by atoms with van der Waals surface area (Å²) in [6.07, 6.45) is 0. The summed E-state index contributed by atoms with van der Waals surface area (Å²) < 4.78 is 10.6. The highest BCUT2D eigenvalue weighted by Gasteiger charge is 2.15. The van der Waals surface area contributed by atoms with Gasteiger partial charge in [0, 0.05) is 12.1 Å². The second kappa shape index (κ2) is 12.3. The lowest BCUT2D eigenvalue weighted by molar-refractivity contribution is -0.386. The fourth-order valence-electron chi connectivity index (χ4n) is 2.75. The lowest BCUT2D eigenvalue weighted by Gasteiger charge is -2.08. The lowest BCUT2D eigenvalue weighted by Crippen LogP contribution is -2.10. The van der Waals surface area contributed by atoms with Gasteiger partial charge in [-0.3, -0.25) is 20.2 Å². The Kier molecular flexibility index (Phi) is 9.22. The molecule has 12 nitrogen and oxygen atoms in total. The highest BCUT2D eigenvalue weighted by molar-refractivity contribution is 5.94. The van der Waals surface area contributed by atoms with E-state index in [2.05, 4.69) is 0 Å². The molecule has 0 heterocycles. The number of ether oxygens (including phenoxy) is 2. The van der Waals surface area contributed by atoms with Crippen LogP contribution in [-0.2, 0) is 0 Å². The largest absolute Gasteiger partial charge is 0.483 e. The number of rotatable bonds is 9. The number of carboxylic acids is 2.